The van der Waals surface area contributed by atoms with E-state index in [0.717, 1.165) is 35.9 Å². The minimum absolute atomic E-state index is 0.342. The molecule has 4 heteroatoms. The van der Waals surface area contributed by atoms with Crippen molar-refractivity contribution < 1.29 is 0 Å². The topological polar surface area (TPSA) is 41.9 Å². The average molecular weight is 254 g/mol. The van der Waals surface area contributed by atoms with Gasteiger partial charge in [0.05, 0.1) is 11.7 Å². The maximum absolute atomic E-state index is 4.67. The van der Waals surface area contributed by atoms with Crippen molar-refractivity contribution in [2.45, 2.75) is 32.7 Å². The van der Waals surface area contributed by atoms with Crippen LogP contribution in [0.25, 0.3) is 0 Å². The lowest BCUT2D eigenvalue weighted by molar-refractivity contribution is 0.684. The first-order valence-corrected chi connectivity index (χ1v) is 6.73. The molecule has 2 aromatic rings. The van der Waals surface area contributed by atoms with Crippen molar-refractivity contribution in [3.05, 3.63) is 47.7 Å². The Hall–Kier alpha value is -1.97. The molecule has 0 amide bonds. The van der Waals surface area contributed by atoms with Crippen LogP contribution in [-0.4, -0.2) is 21.5 Å². The van der Waals surface area contributed by atoms with Gasteiger partial charge in [0.25, 0.3) is 0 Å². The summed E-state index contributed by atoms with van der Waals surface area (Å²) in [4.78, 5) is 15.6. The first kappa shape index (κ1) is 12.1. The summed E-state index contributed by atoms with van der Waals surface area (Å²) in [6.07, 6.45) is 3.96. The van der Waals surface area contributed by atoms with Crippen molar-refractivity contribution in [2.75, 3.05) is 11.4 Å². The van der Waals surface area contributed by atoms with E-state index in [1.54, 1.807) is 6.33 Å². The summed E-state index contributed by atoms with van der Waals surface area (Å²) in [7, 11) is 0. The lowest BCUT2D eigenvalue weighted by Crippen LogP contribution is -2.24. The highest BCUT2D eigenvalue weighted by atomic mass is 15.2. The number of rotatable bonds is 2. The lowest BCUT2D eigenvalue weighted by Gasteiger charge is -2.25. The van der Waals surface area contributed by atoms with Gasteiger partial charge in [-0.2, -0.15) is 0 Å². The molecule has 19 heavy (non-hydrogen) atoms. The maximum atomic E-state index is 4.67. The fraction of sp³-hybridized carbons (Fsp3) is 0.400. The summed E-state index contributed by atoms with van der Waals surface area (Å²) in [5.74, 6) is 1.01. The first-order valence-electron chi connectivity index (χ1n) is 6.73. The Bertz CT molecular complexity index is 530. The van der Waals surface area contributed by atoms with Gasteiger partial charge in [-0.1, -0.05) is 6.07 Å². The number of nitrogens with zero attached hydrogens (tertiary/aromatic N) is 4. The highest BCUT2D eigenvalue weighted by Gasteiger charge is 2.28. The van der Waals surface area contributed by atoms with Crippen LogP contribution in [0.4, 0.5) is 5.82 Å². The summed E-state index contributed by atoms with van der Waals surface area (Å²) in [5, 5.41) is 0. The lowest BCUT2D eigenvalue weighted by atomic mass is 10.1. The number of aryl methyl sites for hydroxylation is 2. The molecule has 0 N–H and O–H groups in total. The second-order valence-electron chi connectivity index (χ2n) is 5.07. The third-order valence-corrected chi connectivity index (χ3v) is 3.59. The van der Waals surface area contributed by atoms with Crippen LogP contribution in [0, 0.1) is 13.8 Å². The summed E-state index contributed by atoms with van der Waals surface area (Å²) in [6.45, 7) is 5.08. The van der Waals surface area contributed by atoms with E-state index in [1.807, 2.05) is 26.0 Å². The molecule has 2 aromatic heterocycles. The van der Waals surface area contributed by atoms with Crippen LogP contribution < -0.4 is 4.90 Å². The van der Waals surface area contributed by atoms with Crippen molar-refractivity contribution in [1.29, 1.82) is 0 Å². The van der Waals surface area contributed by atoms with Gasteiger partial charge in [-0.3, -0.25) is 4.98 Å². The number of pyridine rings is 1. The molecule has 1 saturated heterocycles. The van der Waals surface area contributed by atoms with Gasteiger partial charge in [-0.05, 0) is 38.8 Å². The Morgan fingerprint density at radius 2 is 2.05 bits per heavy atom. The third-order valence-electron chi connectivity index (χ3n) is 3.59. The molecule has 1 fully saturated rings. The summed E-state index contributed by atoms with van der Waals surface area (Å²) in [6, 6.07) is 8.63. The van der Waals surface area contributed by atoms with Crippen LogP contribution in [0.2, 0.25) is 0 Å². The molecule has 3 rings (SSSR count). The smallest absolute Gasteiger partial charge is 0.132 e. The van der Waals surface area contributed by atoms with E-state index in [2.05, 4.69) is 32.0 Å². The van der Waals surface area contributed by atoms with E-state index in [1.165, 1.54) is 6.42 Å². The van der Waals surface area contributed by atoms with Crippen molar-refractivity contribution in [3.8, 4) is 0 Å². The standard InChI is InChI=1S/C15H18N4/c1-11-5-3-6-13(18-11)14-7-4-8-19(14)15-9-12(2)16-10-17-15/h3,5-6,9-10,14H,4,7-8H2,1-2H3/t14-/m0/s1. The van der Waals surface area contributed by atoms with Gasteiger partial charge in [0.2, 0.25) is 0 Å². The maximum Gasteiger partial charge on any atom is 0.132 e. The molecular formula is C15H18N4. The SMILES string of the molecule is Cc1cc(N2CCC[C@H]2c2cccc(C)n2)ncn1. The van der Waals surface area contributed by atoms with Crippen LogP contribution in [0.1, 0.15) is 36.0 Å². The van der Waals surface area contributed by atoms with Gasteiger partial charge in [0, 0.05) is 24.0 Å². The Labute approximate surface area is 113 Å². The Balaban J connectivity index is 1.93. The van der Waals surface area contributed by atoms with Crippen LogP contribution in [-0.2, 0) is 0 Å². The first-order chi connectivity index (χ1) is 9.24. The van der Waals surface area contributed by atoms with E-state index in [9.17, 15) is 0 Å². The Morgan fingerprint density at radius 1 is 1.16 bits per heavy atom. The molecule has 1 atom stereocenters. The summed E-state index contributed by atoms with van der Waals surface area (Å²) in [5.41, 5.74) is 3.23. The fourth-order valence-electron chi connectivity index (χ4n) is 2.70. The fourth-order valence-corrected chi connectivity index (χ4v) is 2.70. The zero-order valence-electron chi connectivity index (χ0n) is 11.4. The zero-order valence-corrected chi connectivity index (χ0v) is 11.4. The zero-order chi connectivity index (χ0) is 13.2. The van der Waals surface area contributed by atoms with E-state index < -0.39 is 0 Å². The summed E-state index contributed by atoms with van der Waals surface area (Å²) < 4.78 is 0. The molecule has 1 aliphatic heterocycles. The predicted molar refractivity (Wildman–Crippen MR) is 75.1 cm³/mol. The molecule has 0 aliphatic carbocycles. The number of hydrogen-bond acceptors (Lipinski definition) is 4. The van der Waals surface area contributed by atoms with Gasteiger partial charge in [-0.25, -0.2) is 9.97 Å². The number of aromatic nitrogens is 3. The van der Waals surface area contributed by atoms with Crippen LogP contribution in [0.5, 0.6) is 0 Å². The van der Waals surface area contributed by atoms with Crippen molar-refractivity contribution >= 4 is 5.82 Å². The van der Waals surface area contributed by atoms with E-state index in [-0.39, 0.29) is 0 Å². The highest BCUT2D eigenvalue weighted by molar-refractivity contribution is 5.43. The molecule has 4 nitrogen and oxygen atoms in total. The molecule has 1 aliphatic rings. The second kappa shape index (κ2) is 4.96. The quantitative estimate of drug-likeness (QED) is 0.826. The molecule has 0 unspecified atom stereocenters. The molecule has 0 aromatic carbocycles. The molecule has 3 heterocycles. The number of anilines is 1. The number of hydrogen-bond donors (Lipinski definition) is 0. The van der Waals surface area contributed by atoms with Crippen LogP contribution >= 0.6 is 0 Å². The molecule has 0 bridgehead atoms. The predicted octanol–water partition coefficient (Wildman–Crippen LogP) is 2.83. The van der Waals surface area contributed by atoms with Gasteiger partial charge in [0.15, 0.2) is 0 Å². The minimum atomic E-state index is 0.342. The van der Waals surface area contributed by atoms with Crippen LogP contribution in [0.3, 0.4) is 0 Å². The van der Waals surface area contributed by atoms with E-state index >= 15 is 0 Å². The largest absolute Gasteiger partial charge is 0.348 e. The highest BCUT2D eigenvalue weighted by Crippen LogP contribution is 2.34. The molecule has 98 valence electrons. The second-order valence-corrected chi connectivity index (χ2v) is 5.07. The normalized spacial score (nSPS) is 18.8. The van der Waals surface area contributed by atoms with Crippen LogP contribution in [0.15, 0.2) is 30.6 Å². The van der Waals surface area contributed by atoms with E-state index in [0.29, 0.717) is 6.04 Å². The van der Waals surface area contributed by atoms with Gasteiger partial charge >= 0.3 is 0 Å². The third kappa shape index (κ3) is 2.43. The molecule has 0 radical (unpaired) electrons. The van der Waals surface area contributed by atoms with Crippen molar-refractivity contribution in [1.82, 2.24) is 15.0 Å². The van der Waals surface area contributed by atoms with E-state index in [4.69, 9.17) is 0 Å². The Morgan fingerprint density at radius 3 is 2.84 bits per heavy atom. The van der Waals surface area contributed by atoms with Gasteiger partial charge < -0.3 is 4.90 Å². The molecule has 0 saturated carbocycles. The van der Waals surface area contributed by atoms with Gasteiger partial charge in [0.1, 0.15) is 12.1 Å². The van der Waals surface area contributed by atoms with Crippen molar-refractivity contribution in [2.24, 2.45) is 0 Å². The molecular weight excluding hydrogens is 236 g/mol. The Kier molecular flexibility index (Phi) is 3.15. The van der Waals surface area contributed by atoms with Gasteiger partial charge in [-0.15, -0.1) is 0 Å². The summed E-state index contributed by atoms with van der Waals surface area (Å²) >= 11 is 0. The monoisotopic (exact) mass is 254 g/mol. The molecule has 0 spiro atoms. The van der Waals surface area contributed by atoms with Crippen molar-refractivity contribution in [3.63, 3.8) is 0 Å². The average Bonchev–Trinajstić information content (AvgIpc) is 2.88. The minimum Gasteiger partial charge on any atom is -0.348 e.